The summed E-state index contributed by atoms with van der Waals surface area (Å²) in [4.78, 5) is 68.1. The molecule has 0 aromatic carbocycles. The number of allylic oxidation sites excluding steroid dienone is 2. The summed E-state index contributed by atoms with van der Waals surface area (Å²) in [5, 5.41) is 7.93. The number of amides is 3. The van der Waals surface area contributed by atoms with Crippen LogP contribution < -0.4 is 21.7 Å². The molecule has 0 spiro atoms. The third kappa shape index (κ3) is 10.9. The van der Waals surface area contributed by atoms with Crippen molar-refractivity contribution in [2.75, 3.05) is 18.6 Å². The van der Waals surface area contributed by atoms with Crippen LogP contribution in [-0.4, -0.2) is 64.5 Å². The first kappa shape index (κ1) is 32.1. The second-order valence-corrected chi connectivity index (χ2v) is 10.6. The van der Waals surface area contributed by atoms with E-state index in [1.165, 1.54) is 36.5 Å². The van der Waals surface area contributed by atoms with Gasteiger partial charge in [0.15, 0.2) is 5.12 Å². The second kappa shape index (κ2) is 16.7. The van der Waals surface area contributed by atoms with E-state index in [-0.39, 0.29) is 42.4 Å². The zero-order chi connectivity index (χ0) is 28.8. The maximum Gasteiger partial charge on any atom is 0.329 e. The number of nitrogens with one attached hydrogen (secondary N) is 3. The van der Waals surface area contributed by atoms with Crippen LogP contribution >= 0.6 is 23.5 Å². The van der Waals surface area contributed by atoms with Gasteiger partial charge in [0.2, 0.25) is 5.91 Å². The van der Waals surface area contributed by atoms with Crippen LogP contribution in [0.15, 0.2) is 41.0 Å². The van der Waals surface area contributed by atoms with Gasteiger partial charge in [-0.05, 0) is 57.2 Å². The lowest BCUT2D eigenvalue weighted by Crippen LogP contribution is -2.46. The average molecular weight is 578 g/mol. The van der Waals surface area contributed by atoms with Crippen LogP contribution in [-0.2, 0) is 30.5 Å². The molecule has 212 valence electrons. The quantitative estimate of drug-likeness (QED) is 0.117. The maximum atomic E-state index is 13.1. The SMILES string of the molecule is C/C=C1\NC(=O)c2nc(ccc2SC)CNC(=O)C[C@@H](/C=C/CCSC(C)=O)OC(=O)[C@H](CCCN)NC1=O. The molecule has 1 aliphatic heterocycles. The molecule has 2 atom stereocenters. The minimum absolute atomic E-state index is 0.00332. The van der Waals surface area contributed by atoms with Crippen LogP contribution in [0.1, 0.15) is 55.7 Å². The highest BCUT2D eigenvalue weighted by Gasteiger charge is 2.27. The van der Waals surface area contributed by atoms with Crippen molar-refractivity contribution < 1.29 is 28.7 Å². The van der Waals surface area contributed by atoms with E-state index in [9.17, 15) is 24.0 Å². The molecule has 11 nitrogen and oxygen atoms in total. The highest BCUT2D eigenvalue weighted by molar-refractivity contribution is 8.13. The van der Waals surface area contributed by atoms with Crippen molar-refractivity contribution in [2.24, 2.45) is 5.73 Å². The molecule has 13 heteroatoms. The van der Waals surface area contributed by atoms with Gasteiger partial charge >= 0.3 is 5.97 Å². The van der Waals surface area contributed by atoms with Crippen LogP contribution in [0.4, 0.5) is 0 Å². The Hall–Kier alpha value is -3.16. The molecule has 3 amide bonds. The van der Waals surface area contributed by atoms with E-state index >= 15 is 0 Å². The number of cyclic esters (lactones) is 1. The van der Waals surface area contributed by atoms with Crippen LogP contribution in [0.2, 0.25) is 0 Å². The fraction of sp³-hybridized carbons (Fsp3) is 0.462. The molecule has 0 saturated carbocycles. The van der Waals surface area contributed by atoms with Crippen LogP contribution in [0, 0.1) is 0 Å². The number of nitrogens with two attached hydrogens (primary N) is 1. The number of hydrogen-bond acceptors (Lipinski definition) is 10. The van der Waals surface area contributed by atoms with Gasteiger partial charge in [-0.1, -0.05) is 23.9 Å². The van der Waals surface area contributed by atoms with Crippen LogP contribution in [0.3, 0.4) is 0 Å². The van der Waals surface area contributed by atoms with E-state index in [0.717, 1.165) is 0 Å². The number of pyridine rings is 1. The number of ether oxygens (including phenoxy) is 1. The Morgan fingerprint density at radius 1 is 1.23 bits per heavy atom. The lowest BCUT2D eigenvalue weighted by Gasteiger charge is -2.22. The fourth-order valence-electron chi connectivity index (χ4n) is 3.50. The minimum atomic E-state index is -1.06. The smallest absolute Gasteiger partial charge is 0.329 e. The molecule has 2 rings (SSSR count). The van der Waals surface area contributed by atoms with E-state index in [1.54, 1.807) is 37.5 Å². The zero-order valence-corrected chi connectivity index (χ0v) is 23.9. The van der Waals surface area contributed by atoms with Gasteiger partial charge in [-0.2, -0.15) is 0 Å². The van der Waals surface area contributed by atoms with E-state index < -0.39 is 35.8 Å². The summed E-state index contributed by atoms with van der Waals surface area (Å²) >= 11 is 2.49. The number of nitrogens with zero attached hydrogens (tertiary/aromatic N) is 1. The predicted octanol–water partition coefficient (Wildman–Crippen LogP) is 1.82. The Kier molecular flexibility index (Phi) is 13.7. The normalized spacial score (nSPS) is 20.4. The summed E-state index contributed by atoms with van der Waals surface area (Å²) in [5.74, 6) is -1.86. The zero-order valence-electron chi connectivity index (χ0n) is 22.3. The minimum Gasteiger partial charge on any atom is -0.456 e. The Morgan fingerprint density at radius 3 is 2.67 bits per heavy atom. The van der Waals surface area contributed by atoms with Crippen molar-refractivity contribution in [3.05, 3.63) is 47.4 Å². The largest absolute Gasteiger partial charge is 0.456 e. The Bertz CT molecular complexity index is 1120. The van der Waals surface area contributed by atoms with Crippen molar-refractivity contribution in [3.63, 3.8) is 0 Å². The number of thioether (sulfide) groups is 2. The topological polar surface area (TPSA) is 170 Å². The highest BCUT2D eigenvalue weighted by atomic mass is 32.2. The molecule has 1 aliphatic rings. The first-order valence-corrected chi connectivity index (χ1v) is 14.7. The predicted molar refractivity (Wildman–Crippen MR) is 151 cm³/mol. The number of rotatable bonds is 8. The van der Waals surface area contributed by atoms with E-state index in [0.29, 0.717) is 29.2 Å². The molecule has 0 unspecified atom stereocenters. The number of fused-ring (bicyclic) bond motifs is 2. The lowest BCUT2D eigenvalue weighted by molar-refractivity contribution is -0.152. The second-order valence-electron chi connectivity index (χ2n) is 8.48. The molecular formula is C26H35N5O6S2. The highest BCUT2D eigenvalue weighted by Crippen LogP contribution is 2.20. The molecule has 1 aromatic rings. The van der Waals surface area contributed by atoms with E-state index in [4.69, 9.17) is 10.5 Å². The van der Waals surface area contributed by atoms with Crippen molar-refractivity contribution in [1.29, 1.82) is 0 Å². The standard InChI is InChI=1S/C26H35N5O6S2/c1-4-19-24(34)31-20(9-7-12-27)26(36)37-18(8-5-6-13-39-16(2)32)14-22(33)28-15-17-10-11-21(38-3)23(29-17)25(35)30-19/h4-5,8,10-11,18,20H,6-7,9,12-15,27H2,1-3H3,(H,28,33)(H,30,35)(H,31,34)/b8-5+,19-4-/t18-,20+/m1/s1. The summed E-state index contributed by atoms with van der Waals surface area (Å²) in [6.45, 7) is 3.39. The van der Waals surface area contributed by atoms with Gasteiger partial charge in [0.25, 0.3) is 11.8 Å². The molecule has 2 heterocycles. The molecule has 1 aromatic heterocycles. The van der Waals surface area contributed by atoms with Crippen molar-refractivity contribution >= 4 is 52.3 Å². The number of aromatic nitrogens is 1. The molecule has 2 bridgehead atoms. The first-order valence-electron chi connectivity index (χ1n) is 12.5. The summed E-state index contributed by atoms with van der Waals surface area (Å²) in [5.41, 5.74) is 6.12. The molecule has 0 aliphatic carbocycles. The average Bonchev–Trinajstić information content (AvgIpc) is 2.91. The summed E-state index contributed by atoms with van der Waals surface area (Å²) < 4.78 is 5.63. The molecule has 0 saturated heterocycles. The van der Waals surface area contributed by atoms with Gasteiger partial charge < -0.3 is 26.4 Å². The number of carbonyl (C=O) groups excluding carboxylic acids is 5. The molecule has 0 fully saturated rings. The van der Waals surface area contributed by atoms with E-state index in [1.807, 2.05) is 0 Å². The molecule has 39 heavy (non-hydrogen) atoms. The van der Waals surface area contributed by atoms with Crippen molar-refractivity contribution in [2.45, 2.75) is 63.1 Å². The van der Waals surface area contributed by atoms with Gasteiger partial charge in [-0.25, -0.2) is 9.78 Å². The fourth-order valence-corrected chi connectivity index (χ4v) is 4.58. The monoisotopic (exact) mass is 577 g/mol. The molecule has 5 N–H and O–H groups in total. The first-order chi connectivity index (χ1) is 18.7. The van der Waals surface area contributed by atoms with Crippen LogP contribution in [0.5, 0.6) is 0 Å². The van der Waals surface area contributed by atoms with Crippen molar-refractivity contribution in [1.82, 2.24) is 20.9 Å². The van der Waals surface area contributed by atoms with Gasteiger partial charge in [0.05, 0.1) is 18.7 Å². The summed E-state index contributed by atoms with van der Waals surface area (Å²) in [6.07, 6.45) is 6.65. The van der Waals surface area contributed by atoms with Gasteiger partial charge in [0.1, 0.15) is 23.5 Å². The molecule has 0 radical (unpaired) electrons. The molecular weight excluding hydrogens is 542 g/mol. The lowest BCUT2D eigenvalue weighted by atomic mass is 10.1. The van der Waals surface area contributed by atoms with Gasteiger partial charge in [-0.15, -0.1) is 11.8 Å². The van der Waals surface area contributed by atoms with E-state index in [2.05, 4.69) is 20.9 Å². The Morgan fingerprint density at radius 2 is 2.00 bits per heavy atom. The maximum absolute atomic E-state index is 13.1. The van der Waals surface area contributed by atoms with Gasteiger partial charge in [0, 0.05) is 17.6 Å². The Labute approximate surface area is 236 Å². The van der Waals surface area contributed by atoms with Crippen molar-refractivity contribution in [3.8, 4) is 0 Å². The third-order valence-electron chi connectivity index (χ3n) is 5.48. The number of hydrogen-bond donors (Lipinski definition) is 4. The van der Waals surface area contributed by atoms with Crippen LogP contribution in [0.25, 0.3) is 0 Å². The number of esters is 1. The third-order valence-corrected chi connectivity index (χ3v) is 7.10. The number of carbonyl (C=O) groups is 5. The van der Waals surface area contributed by atoms with Gasteiger partial charge in [-0.3, -0.25) is 19.2 Å². The summed E-state index contributed by atoms with van der Waals surface area (Å²) in [6, 6.07) is 2.36. The summed E-state index contributed by atoms with van der Waals surface area (Å²) in [7, 11) is 0. The Balaban J connectivity index is 2.39.